The standard InChI is InChI=1S/C14H11F4N3O/c15-10-4-1-8(2-5-10)12(13(19)22)21-11-6-3-9(7-20-11)14(16,17)18/h1-7,12H,(H2,19,22)(H,20,21)/t12-/m1/s1. The highest BCUT2D eigenvalue weighted by Crippen LogP contribution is 2.29. The van der Waals surface area contributed by atoms with E-state index >= 15 is 0 Å². The maximum Gasteiger partial charge on any atom is 0.417 e. The van der Waals surface area contributed by atoms with Gasteiger partial charge in [-0.3, -0.25) is 4.79 Å². The van der Waals surface area contributed by atoms with Crippen molar-refractivity contribution in [1.82, 2.24) is 4.98 Å². The summed E-state index contributed by atoms with van der Waals surface area (Å²) in [6.07, 6.45) is -3.85. The number of benzene rings is 1. The minimum Gasteiger partial charge on any atom is -0.368 e. The van der Waals surface area contributed by atoms with Crippen molar-refractivity contribution >= 4 is 11.7 Å². The van der Waals surface area contributed by atoms with Crippen LogP contribution in [-0.4, -0.2) is 10.9 Å². The van der Waals surface area contributed by atoms with Gasteiger partial charge in [0.15, 0.2) is 0 Å². The number of nitrogens with two attached hydrogens (primary N) is 1. The molecule has 0 spiro atoms. The third kappa shape index (κ3) is 3.72. The van der Waals surface area contributed by atoms with Gasteiger partial charge in [0.1, 0.15) is 17.7 Å². The molecule has 0 aliphatic heterocycles. The van der Waals surface area contributed by atoms with Crippen LogP contribution in [0.15, 0.2) is 42.6 Å². The number of hydrogen-bond donors (Lipinski definition) is 2. The summed E-state index contributed by atoms with van der Waals surface area (Å²) >= 11 is 0. The molecule has 1 heterocycles. The Labute approximate surface area is 123 Å². The van der Waals surface area contributed by atoms with Crippen LogP contribution < -0.4 is 11.1 Å². The molecule has 1 atom stereocenters. The van der Waals surface area contributed by atoms with E-state index in [0.717, 1.165) is 24.3 Å². The zero-order valence-electron chi connectivity index (χ0n) is 11.1. The van der Waals surface area contributed by atoms with E-state index in [-0.39, 0.29) is 5.82 Å². The first-order chi connectivity index (χ1) is 10.3. The van der Waals surface area contributed by atoms with Crippen LogP contribution >= 0.6 is 0 Å². The minimum atomic E-state index is -4.49. The molecule has 1 aromatic carbocycles. The zero-order chi connectivity index (χ0) is 16.3. The lowest BCUT2D eigenvalue weighted by atomic mass is 10.1. The number of anilines is 1. The molecular formula is C14H11F4N3O. The van der Waals surface area contributed by atoms with E-state index in [9.17, 15) is 22.4 Å². The van der Waals surface area contributed by atoms with Crippen LogP contribution in [-0.2, 0) is 11.0 Å². The average molecular weight is 313 g/mol. The Kier molecular flexibility index (Phi) is 4.30. The fraction of sp³-hybridized carbons (Fsp3) is 0.143. The molecular weight excluding hydrogens is 302 g/mol. The number of carbonyl (C=O) groups excluding carboxylic acids is 1. The van der Waals surface area contributed by atoms with Gasteiger partial charge in [-0.2, -0.15) is 13.2 Å². The van der Waals surface area contributed by atoms with Crippen LogP contribution in [0.2, 0.25) is 0 Å². The minimum absolute atomic E-state index is 0.0427. The predicted octanol–water partition coefficient (Wildman–Crippen LogP) is 2.88. The van der Waals surface area contributed by atoms with Crippen molar-refractivity contribution in [1.29, 1.82) is 0 Å². The number of hydrogen-bond acceptors (Lipinski definition) is 3. The number of primary amides is 1. The second-order valence-electron chi connectivity index (χ2n) is 4.46. The summed E-state index contributed by atoms with van der Waals surface area (Å²) in [7, 11) is 0. The lowest BCUT2D eigenvalue weighted by Crippen LogP contribution is -2.28. The number of nitrogens with zero attached hydrogens (tertiary/aromatic N) is 1. The number of amides is 1. The van der Waals surface area contributed by atoms with Crippen LogP contribution in [0.3, 0.4) is 0 Å². The van der Waals surface area contributed by atoms with Gasteiger partial charge in [0.2, 0.25) is 5.91 Å². The number of aromatic nitrogens is 1. The molecule has 0 fully saturated rings. The van der Waals surface area contributed by atoms with Gasteiger partial charge in [0.25, 0.3) is 0 Å². The molecule has 1 aromatic heterocycles. The van der Waals surface area contributed by atoms with Gasteiger partial charge in [-0.25, -0.2) is 9.37 Å². The Morgan fingerprint density at radius 2 is 1.77 bits per heavy atom. The highest BCUT2D eigenvalue weighted by Gasteiger charge is 2.30. The first-order valence-electron chi connectivity index (χ1n) is 6.12. The first-order valence-corrected chi connectivity index (χ1v) is 6.12. The molecule has 2 rings (SSSR count). The normalized spacial score (nSPS) is 12.7. The van der Waals surface area contributed by atoms with Gasteiger partial charge in [-0.05, 0) is 29.8 Å². The van der Waals surface area contributed by atoms with Crippen molar-refractivity contribution in [2.75, 3.05) is 5.32 Å². The number of carbonyl (C=O) groups is 1. The quantitative estimate of drug-likeness (QED) is 0.853. The molecule has 116 valence electrons. The summed E-state index contributed by atoms with van der Waals surface area (Å²) in [6, 6.07) is 5.87. The smallest absolute Gasteiger partial charge is 0.368 e. The highest BCUT2D eigenvalue weighted by atomic mass is 19.4. The van der Waals surface area contributed by atoms with Gasteiger partial charge in [0.05, 0.1) is 5.56 Å². The van der Waals surface area contributed by atoms with Gasteiger partial charge >= 0.3 is 6.18 Å². The number of rotatable bonds is 4. The van der Waals surface area contributed by atoms with E-state index in [4.69, 9.17) is 5.73 Å². The maximum absolute atomic E-state index is 12.9. The molecule has 0 radical (unpaired) electrons. The van der Waals surface area contributed by atoms with E-state index in [2.05, 4.69) is 10.3 Å². The molecule has 0 aliphatic rings. The molecule has 22 heavy (non-hydrogen) atoms. The van der Waals surface area contributed by atoms with Crippen LogP contribution in [0, 0.1) is 5.82 Å². The zero-order valence-corrected chi connectivity index (χ0v) is 11.1. The summed E-state index contributed by atoms with van der Waals surface area (Å²) in [6.45, 7) is 0. The molecule has 1 amide bonds. The number of nitrogens with one attached hydrogen (secondary N) is 1. The van der Waals surface area contributed by atoms with Crippen molar-refractivity contribution in [3.05, 3.63) is 59.5 Å². The third-order valence-corrected chi connectivity index (χ3v) is 2.87. The van der Waals surface area contributed by atoms with E-state index in [1.807, 2.05) is 0 Å². The monoisotopic (exact) mass is 313 g/mol. The topological polar surface area (TPSA) is 68.0 Å². The maximum atomic E-state index is 12.9. The van der Waals surface area contributed by atoms with Crippen molar-refractivity contribution in [3.8, 4) is 0 Å². The van der Waals surface area contributed by atoms with Crippen LogP contribution in [0.25, 0.3) is 0 Å². The van der Waals surface area contributed by atoms with Gasteiger partial charge < -0.3 is 11.1 Å². The van der Waals surface area contributed by atoms with Crippen molar-refractivity contribution in [2.45, 2.75) is 12.2 Å². The first kappa shape index (κ1) is 15.7. The van der Waals surface area contributed by atoms with Crippen LogP contribution in [0.4, 0.5) is 23.4 Å². The second kappa shape index (κ2) is 6.00. The number of alkyl halides is 3. The molecule has 0 aliphatic carbocycles. The number of pyridine rings is 1. The summed E-state index contributed by atoms with van der Waals surface area (Å²) < 4.78 is 50.2. The Morgan fingerprint density at radius 3 is 2.23 bits per heavy atom. The predicted molar refractivity (Wildman–Crippen MR) is 71.2 cm³/mol. The summed E-state index contributed by atoms with van der Waals surface area (Å²) in [5.74, 6) is -1.21. The molecule has 0 bridgehead atoms. The van der Waals surface area contributed by atoms with Crippen LogP contribution in [0.5, 0.6) is 0 Å². The third-order valence-electron chi connectivity index (χ3n) is 2.87. The van der Waals surface area contributed by atoms with Gasteiger partial charge in [-0.1, -0.05) is 12.1 Å². The summed E-state index contributed by atoms with van der Waals surface area (Å²) in [5.41, 5.74) is 4.71. The molecule has 0 unspecified atom stereocenters. The van der Waals surface area contributed by atoms with E-state index < -0.39 is 29.5 Å². The fourth-order valence-electron chi connectivity index (χ4n) is 1.77. The fourth-order valence-corrected chi connectivity index (χ4v) is 1.77. The Hall–Kier alpha value is -2.64. The van der Waals surface area contributed by atoms with Gasteiger partial charge in [-0.15, -0.1) is 0 Å². The van der Waals surface area contributed by atoms with Crippen LogP contribution in [0.1, 0.15) is 17.2 Å². The van der Waals surface area contributed by atoms with Crippen molar-refractivity contribution < 1.29 is 22.4 Å². The Balaban J connectivity index is 2.21. The molecule has 2 aromatic rings. The lowest BCUT2D eigenvalue weighted by molar-refractivity contribution is -0.137. The van der Waals surface area contributed by atoms with E-state index in [1.165, 1.54) is 12.1 Å². The van der Waals surface area contributed by atoms with Gasteiger partial charge in [0, 0.05) is 6.20 Å². The SMILES string of the molecule is NC(=O)[C@H](Nc1ccc(C(F)(F)F)cn1)c1ccc(F)cc1. The van der Waals surface area contributed by atoms with E-state index in [0.29, 0.717) is 11.8 Å². The second-order valence-corrected chi connectivity index (χ2v) is 4.46. The largest absolute Gasteiger partial charge is 0.417 e. The van der Waals surface area contributed by atoms with Crippen molar-refractivity contribution in [2.24, 2.45) is 5.73 Å². The average Bonchev–Trinajstić information content (AvgIpc) is 2.45. The molecule has 0 saturated carbocycles. The van der Waals surface area contributed by atoms with Crippen molar-refractivity contribution in [3.63, 3.8) is 0 Å². The molecule has 3 N–H and O–H groups in total. The Morgan fingerprint density at radius 1 is 1.14 bits per heavy atom. The highest BCUT2D eigenvalue weighted by molar-refractivity contribution is 5.84. The molecule has 8 heteroatoms. The molecule has 4 nitrogen and oxygen atoms in total. The van der Waals surface area contributed by atoms with E-state index in [1.54, 1.807) is 0 Å². The summed E-state index contributed by atoms with van der Waals surface area (Å²) in [4.78, 5) is 15.1. The molecule has 0 saturated heterocycles. The summed E-state index contributed by atoms with van der Waals surface area (Å²) in [5, 5.41) is 2.62. The Bertz CT molecular complexity index is 653. The number of halogens is 4. The lowest BCUT2D eigenvalue weighted by Gasteiger charge is -2.17.